The fourth-order valence-electron chi connectivity index (χ4n) is 3.53. The summed E-state index contributed by atoms with van der Waals surface area (Å²) in [5.74, 6) is 1.77. The molecular formula is C15H29NO. The molecule has 0 aromatic heterocycles. The van der Waals surface area contributed by atoms with Crippen molar-refractivity contribution in [3.63, 3.8) is 0 Å². The van der Waals surface area contributed by atoms with Gasteiger partial charge < -0.3 is 10.1 Å². The van der Waals surface area contributed by atoms with Gasteiger partial charge in [-0.2, -0.15) is 0 Å². The summed E-state index contributed by atoms with van der Waals surface area (Å²) in [7, 11) is 0. The van der Waals surface area contributed by atoms with Crippen molar-refractivity contribution in [1.82, 2.24) is 5.32 Å². The molecule has 2 nitrogen and oxygen atoms in total. The normalized spacial score (nSPS) is 38.5. The first-order valence-corrected chi connectivity index (χ1v) is 7.64. The van der Waals surface area contributed by atoms with Gasteiger partial charge in [0, 0.05) is 12.6 Å². The van der Waals surface area contributed by atoms with Crippen molar-refractivity contribution in [1.29, 1.82) is 0 Å². The summed E-state index contributed by atoms with van der Waals surface area (Å²) in [6.07, 6.45) is 9.87. The maximum atomic E-state index is 5.82. The van der Waals surface area contributed by atoms with Gasteiger partial charge in [0.1, 0.15) is 0 Å². The third kappa shape index (κ3) is 3.96. The second kappa shape index (κ2) is 6.75. The standard InChI is InChI=1S/C15H29NO/c1-3-8-16-15-7-6-12(2)10-13(15)11-14-5-4-9-17-14/h12-16H,3-11H2,1-2H3. The molecule has 0 radical (unpaired) electrons. The van der Waals surface area contributed by atoms with Crippen molar-refractivity contribution in [2.75, 3.05) is 13.2 Å². The molecule has 2 rings (SSSR count). The van der Waals surface area contributed by atoms with E-state index in [-0.39, 0.29) is 0 Å². The average Bonchev–Trinajstić information content (AvgIpc) is 2.81. The van der Waals surface area contributed by atoms with E-state index in [2.05, 4.69) is 19.2 Å². The topological polar surface area (TPSA) is 21.3 Å². The minimum Gasteiger partial charge on any atom is -0.378 e. The molecule has 1 saturated heterocycles. The summed E-state index contributed by atoms with van der Waals surface area (Å²) < 4.78 is 5.82. The van der Waals surface area contributed by atoms with Crippen LogP contribution in [0.5, 0.6) is 0 Å². The highest BCUT2D eigenvalue weighted by Crippen LogP contribution is 2.34. The van der Waals surface area contributed by atoms with E-state index in [1.54, 1.807) is 0 Å². The van der Waals surface area contributed by atoms with Crippen LogP contribution >= 0.6 is 0 Å². The van der Waals surface area contributed by atoms with Crippen LogP contribution < -0.4 is 5.32 Å². The van der Waals surface area contributed by atoms with Crippen molar-refractivity contribution in [3.8, 4) is 0 Å². The predicted octanol–water partition coefficient (Wildman–Crippen LogP) is 3.36. The molecule has 0 spiro atoms. The minimum absolute atomic E-state index is 0.566. The maximum absolute atomic E-state index is 5.82. The smallest absolute Gasteiger partial charge is 0.0579 e. The molecule has 0 bridgehead atoms. The van der Waals surface area contributed by atoms with Crippen molar-refractivity contribution < 1.29 is 4.74 Å². The maximum Gasteiger partial charge on any atom is 0.0579 e. The van der Waals surface area contributed by atoms with Gasteiger partial charge in [-0.1, -0.05) is 13.8 Å². The summed E-state index contributed by atoms with van der Waals surface area (Å²) in [6, 6.07) is 0.760. The van der Waals surface area contributed by atoms with Crippen LogP contribution in [0.15, 0.2) is 0 Å². The highest BCUT2D eigenvalue weighted by atomic mass is 16.5. The summed E-state index contributed by atoms with van der Waals surface area (Å²) in [4.78, 5) is 0. The predicted molar refractivity (Wildman–Crippen MR) is 72.2 cm³/mol. The molecule has 1 heterocycles. The van der Waals surface area contributed by atoms with Gasteiger partial charge in [-0.05, 0) is 63.3 Å². The van der Waals surface area contributed by atoms with Gasteiger partial charge >= 0.3 is 0 Å². The van der Waals surface area contributed by atoms with Gasteiger partial charge in [0.25, 0.3) is 0 Å². The molecule has 0 aromatic rings. The Morgan fingerprint density at radius 2 is 2.12 bits per heavy atom. The zero-order valence-electron chi connectivity index (χ0n) is 11.6. The van der Waals surface area contributed by atoms with Crippen LogP contribution in [0.1, 0.15) is 58.8 Å². The van der Waals surface area contributed by atoms with Crippen LogP contribution in [-0.4, -0.2) is 25.3 Å². The molecule has 17 heavy (non-hydrogen) atoms. The van der Waals surface area contributed by atoms with Gasteiger partial charge in [0.2, 0.25) is 0 Å². The second-order valence-electron chi connectivity index (χ2n) is 6.11. The Morgan fingerprint density at radius 1 is 1.24 bits per heavy atom. The Morgan fingerprint density at radius 3 is 2.82 bits per heavy atom. The molecule has 0 amide bonds. The van der Waals surface area contributed by atoms with Crippen LogP contribution in [0.4, 0.5) is 0 Å². The largest absolute Gasteiger partial charge is 0.378 e. The summed E-state index contributed by atoms with van der Waals surface area (Å²) >= 11 is 0. The second-order valence-corrected chi connectivity index (χ2v) is 6.11. The van der Waals surface area contributed by atoms with Gasteiger partial charge in [-0.25, -0.2) is 0 Å². The van der Waals surface area contributed by atoms with Crippen molar-refractivity contribution >= 4 is 0 Å². The molecule has 1 saturated carbocycles. The molecule has 1 N–H and O–H groups in total. The van der Waals surface area contributed by atoms with E-state index in [0.717, 1.165) is 24.5 Å². The van der Waals surface area contributed by atoms with E-state index >= 15 is 0 Å². The Kier molecular flexibility index (Phi) is 5.30. The Labute approximate surface area is 107 Å². The van der Waals surface area contributed by atoms with E-state index in [1.165, 1.54) is 51.5 Å². The highest BCUT2D eigenvalue weighted by molar-refractivity contribution is 4.86. The first kappa shape index (κ1) is 13.4. The molecule has 0 aromatic carbocycles. The lowest BCUT2D eigenvalue weighted by atomic mass is 9.76. The number of hydrogen-bond donors (Lipinski definition) is 1. The monoisotopic (exact) mass is 239 g/mol. The first-order chi connectivity index (χ1) is 8.29. The van der Waals surface area contributed by atoms with E-state index in [9.17, 15) is 0 Å². The van der Waals surface area contributed by atoms with Crippen LogP contribution in [0.25, 0.3) is 0 Å². The van der Waals surface area contributed by atoms with Crippen molar-refractivity contribution in [2.45, 2.75) is 70.9 Å². The zero-order valence-corrected chi connectivity index (χ0v) is 11.6. The number of nitrogens with one attached hydrogen (secondary N) is 1. The molecular weight excluding hydrogens is 210 g/mol. The minimum atomic E-state index is 0.566. The number of hydrogen-bond acceptors (Lipinski definition) is 2. The van der Waals surface area contributed by atoms with Crippen LogP contribution in [0, 0.1) is 11.8 Å². The van der Waals surface area contributed by atoms with E-state index in [4.69, 9.17) is 4.74 Å². The summed E-state index contributed by atoms with van der Waals surface area (Å²) in [5.41, 5.74) is 0. The first-order valence-electron chi connectivity index (χ1n) is 7.64. The number of rotatable bonds is 5. The van der Waals surface area contributed by atoms with E-state index in [0.29, 0.717) is 6.10 Å². The van der Waals surface area contributed by atoms with Gasteiger partial charge in [-0.3, -0.25) is 0 Å². The Hall–Kier alpha value is -0.0800. The summed E-state index contributed by atoms with van der Waals surface area (Å²) in [5, 5.41) is 3.76. The molecule has 4 atom stereocenters. The van der Waals surface area contributed by atoms with Crippen LogP contribution in [0.2, 0.25) is 0 Å². The fraction of sp³-hybridized carbons (Fsp3) is 1.00. The third-order valence-corrected chi connectivity index (χ3v) is 4.49. The third-order valence-electron chi connectivity index (χ3n) is 4.49. The Balaban J connectivity index is 1.83. The lowest BCUT2D eigenvalue weighted by Crippen LogP contribution is -2.42. The lowest BCUT2D eigenvalue weighted by molar-refractivity contribution is 0.0686. The quantitative estimate of drug-likeness (QED) is 0.794. The average molecular weight is 239 g/mol. The van der Waals surface area contributed by atoms with Gasteiger partial charge in [-0.15, -0.1) is 0 Å². The van der Waals surface area contributed by atoms with Crippen LogP contribution in [-0.2, 0) is 4.74 Å². The van der Waals surface area contributed by atoms with E-state index < -0.39 is 0 Å². The molecule has 4 unspecified atom stereocenters. The molecule has 2 aliphatic rings. The fourth-order valence-corrected chi connectivity index (χ4v) is 3.53. The van der Waals surface area contributed by atoms with Crippen molar-refractivity contribution in [3.05, 3.63) is 0 Å². The number of ether oxygens (including phenoxy) is 1. The summed E-state index contributed by atoms with van der Waals surface area (Å²) in [6.45, 7) is 6.85. The molecule has 2 fully saturated rings. The zero-order chi connectivity index (χ0) is 12.1. The molecule has 1 aliphatic carbocycles. The molecule has 2 heteroatoms. The SMILES string of the molecule is CCCNC1CCC(C)CC1CC1CCCO1. The molecule has 100 valence electrons. The highest BCUT2D eigenvalue weighted by Gasteiger charge is 2.31. The molecule has 1 aliphatic heterocycles. The van der Waals surface area contributed by atoms with Crippen LogP contribution in [0.3, 0.4) is 0 Å². The lowest BCUT2D eigenvalue weighted by Gasteiger charge is -2.36. The van der Waals surface area contributed by atoms with Gasteiger partial charge in [0.15, 0.2) is 0 Å². The van der Waals surface area contributed by atoms with Crippen molar-refractivity contribution in [2.24, 2.45) is 11.8 Å². The Bertz CT molecular complexity index is 211. The van der Waals surface area contributed by atoms with Gasteiger partial charge in [0.05, 0.1) is 6.10 Å². The van der Waals surface area contributed by atoms with E-state index in [1.807, 2.05) is 0 Å².